The zero-order valence-corrected chi connectivity index (χ0v) is 8.74. The third kappa shape index (κ3) is 5.04. The van der Waals surface area contributed by atoms with Crippen molar-refractivity contribution in [3.63, 3.8) is 0 Å². The van der Waals surface area contributed by atoms with E-state index in [0.29, 0.717) is 0 Å². The van der Waals surface area contributed by atoms with Crippen LogP contribution in [0.15, 0.2) is 0 Å². The Morgan fingerprint density at radius 3 is 2.00 bits per heavy atom. The molecule has 0 saturated heterocycles. The maximum absolute atomic E-state index is 11.2. The van der Waals surface area contributed by atoms with Crippen molar-refractivity contribution in [3.05, 3.63) is 0 Å². The molecule has 1 unspecified atom stereocenters. The quantitative estimate of drug-likeness (QED) is 0.681. The number of phosphoric ester groups is 1. The van der Waals surface area contributed by atoms with Crippen LogP contribution in [-0.2, 0) is 22.5 Å². The molecule has 12 heavy (non-hydrogen) atoms. The van der Waals surface area contributed by atoms with Gasteiger partial charge in [-0.2, -0.15) is 0 Å². The van der Waals surface area contributed by atoms with Gasteiger partial charge in [-0.05, 0) is 13.8 Å². The van der Waals surface area contributed by atoms with E-state index in [9.17, 15) is 9.13 Å². The minimum absolute atomic E-state index is 0.0897. The first-order valence-electron chi connectivity index (χ1n) is 3.35. The monoisotopic (exact) mass is 218 g/mol. The molecular formula is C4H12O6P2. The van der Waals surface area contributed by atoms with E-state index < -0.39 is 16.1 Å². The smallest absolute Gasteiger partial charge is 0.326 e. The second-order valence-corrected chi connectivity index (χ2v) is 4.31. The highest BCUT2D eigenvalue weighted by molar-refractivity contribution is 7.56. The lowest BCUT2D eigenvalue weighted by molar-refractivity contribution is 0.165. The number of rotatable bonds is 6. The maximum Gasteiger partial charge on any atom is 0.481 e. The minimum Gasteiger partial charge on any atom is -0.326 e. The van der Waals surface area contributed by atoms with Crippen molar-refractivity contribution in [1.29, 1.82) is 0 Å². The number of hydrogen-bond donors (Lipinski definition) is 1. The van der Waals surface area contributed by atoms with Gasteiger partial charge >= 0.3 is 16.1 Å². The van der Waals surface area contributed by atoms with E-state index in [0.717, 1.165) is 0 Å². The molecule has 0 rings (SSSR count). The second kappa shape index (κ2) is 5.86. The molecule has 0 fully saturated rings. The van der Waals surface area contributed by atoms with Crippen molar-refractivity contribution in [3.8, 4) is 0 Å². The van der Waals surface area contributed by atoms with E-state index in [1.807, 2.05) is 0 Å². The van der Waals surface area contributed by atoms with Crippen LogP contribution in [0.3, 0.4) is 0 Å². The fourth-order valence-electron chi connectivity index (χ4n) is 0.502. The summed E-state index contributed by atoms with van der Waals surface area (Å²) in [5.74, 6) is 0. The Labute approximate surface area is 71.4 Å². The van der Waals surface area contributed by atoms with Crippen LogP contribution in [0.25, 0.3) is 0 Å². The summed E-state index contributed by atoms with van der Waals surface area (Å²) in [4.78, 5) is 8.33. The molecule has 0 aliphatic heterocycles. The molecule has 0 saturated carbocycles. The fourth-order valence-corrected chi connectivity index (χ4v) is 2.40. The third-order valence-electron chi connectivity index (χ3n) is 0.764. The Balaban J connectivity index is 4.18. The predicted molar refractivity (Wildman–Crippen MR) is 43.2 cm³/mol. The molecule has 8 heteroatoms. The third-order valence-corrected chi connectivity index (χ3v) is 3.43. The van der Waals surface area contributed by atoms with Crippen molar-refractivity contribution in [2.24, 2.45) is 0 Å². The van der Waals surface area contributed by atoms with Crippen molar-refractivity contribution >= 4 is 16.1 Å². The highest BCUT2D eigenvalue weighted by Gasteiger charge is 2.27. The summed E-state index contributed by atoms with van der Waals surface area (Å²) in [6.45, 7) is 3.33. The topological polar surface area (TPSA) is 82.1 Å². The molecule has 0 heterocycles. The fraction of sp³-hybridized carbons (Fsp3) is 1.00. The second-order valence-electron chi connectivity index (χ2n) is 1.64. The lowest BCUT2D eigenvalue weighted by atomic mass is 10.9. The molecule has 0 aromatic heterocycles. The van der Waals surface area contributed by atoms with Gasteiger partial charge in [-0.1, -0.05) is 0 Å². The summed E-state index contributed by atoms with van der Waals surface area (Å²) in [5.41, 5.74) is 0. The Bertz CT molecular complexity index is 182. The van der Waals surface area contributed by atoms with Gasteiger partial charge in [-0.3, -0.25) is 13.6 Å². The summed E-state index contributed by atoms with van der Waals surface area (Å²) in [6, 6.07) is 0. The zero-order chi connectivity index (χ0) is 9.61. The first kappa shape index (κ1) is 12.3. The van der Waals surface area contributed by atoms with Crippen LogP contribution in [0.1, 0.15) is 13.8 Å². The van der Waals surface area contributed by atoms with Gasteiger partial charge in [0, 0.05) is 0 Å². The summed E-state index contributed by atoms with van der Waals surface area (Å²) in [5, 5.41) is 0. The molecule has 0 bridgehead atoms. The van der Waals surface area contributed by atoms with Crippen LogP contribution >= 0.6 is 16.1 Å². The van der Waals surface area contributed by atoms with Crippen LogP contribution in [0.4, 0.5) is 0 Å². The summed E-state index contributed by atoms with van der Waals surface area (Å²) in [7, 11) is -7.09. The van der Waals surface area contributed by atoms with Gasteiger partial charge in [0.2, 0.25) is 0 Å². The largest absolute Gasteiger partial charge is 0.481 e. The predicted octanol–water partition coefficient (Wildman–Crippen LogP) is 1.57. The average molecular weight is 218 g/mol. The first-order valence-corrected chi connectivity index (χ1v) is 6.08. The maximum atomic E-state index is 11.2. The van der Waals surface area contributed by atoms with Crippen LogP contribution in [0.5, 0.6) is 0 Å². The Morgan fingerprint density at radius 2 is 1.75 bits per heavy atom. The van der Waals surface area contributed by atoms with Gasteiger partial charge in [0.1, 0.15) is 0 Å². The van der Waals surface area contributed by atoms with Gasteiger partial charge in [0.05, 0.1) is 13.2 Å². The van der Waals surface area contributed by atoms with Gasteiger partial charge in [0.15, 0.2) is 0 Å². The summed E-state index contributed by atoms with van der Waals surface area (Å²) < 4.78 is 34.7. The molecule has 0 amide bonds. The molecule has 74 valence electrons. The minimum atomic E-state index is -3.79. The SMILES string of the molecule is CCOP(=O)(OCC)O[PH](=O)O. The van der Waals surface area contributed by atoms with E-state index in [1.54, 1.807) is 13.8 Å². The first-order chi connectivity index (χ1) is 5.54. The van der Waals surface area contributed by atoms with Crippen LogP contribution in [0.2, 0.25) is 0 Å². The van der Waals surface area contributed by atoms with E-state index in [1.165, 1.54) is 0 Å². The normalized spacial score (nSPS) is 14.6. The van der Waals surface area contributed by atoms with Crippen LogP contribution in [0, 0.1) is 0 Å². The molecule has 1 atom stereocenters. The lowest BCUT2D eigenvalue weighted by Crippen LogP contribution is -1.95. The molecule has 0 aliphatic rings. The van der Waals surface area contributed by atoms with Crippen LogP contribution < -0.4 is 0 Å². The van der Waals surface area contributed by atoms with E-state index in [4.69, 9.17) is 4.89 Å². The van der Waals surface area contributed by atoms with Crippen molar-refractivity contribution in [2.75, 3.05) is 13.2 Å². The molecule has 1 N–H and O–H groups in total. The van der Waals surface area contributed by atoms with Crippen molar-refractivity contribution < 1.29 is 27.4 Å². The Kier molecular flexibility index (Phi) is 6.01. The van der Waals surface area contributed by atoms with Crippen molar-refractivity contribution in [1.82, 2.24) is 0 Å². The lowest BCUT2D eigenvalue weighted by Gasteiger charge is -2.13. The highest BCUT2D eigenvalue weighted by Crippen LogP contribution is 2.55. The summed E-state index contributed by atoms with van der Waals surface area (Å²) in [6.07, 6.45) is 0. The van der Waals surface area contributed by atoms with E-state index >= 15 is 0 Å². The van der Waals surface area contributed by atoms with Crippen LogP contribution in [-0.4, -0.2) is 18.1 Å². The van der Waals surface area contributed by atoms with E-state index in [2.05, 4.69) is 13.4 Å². The Hall–Kier alpha value is 0.300. The number of phosphoric acid groups is 1. The molecule has 0 radical (unpaired) electrons. The van der Waals surface area contributed by atoms with Crippen molar-refractivity contribution in [2.45, 2.75) is 13.8 Å². The molecule has 0 aliphatic carbocycles. The number of hydrogen-bond acceptors (Lipinski definition) is 5. The standard InChI is InChI=1S/C4H12O6P2/c1-3-8-12(7,9-4-2)10-11(5)6/h11H,3-4H2,1-2H3,(H,5,6). The molecular weight excluding hydrogens is 206 g/mol. The van der Waals surface area contributed by atoms with Gasteiger partial charge < -0.3 is 4.89 Å². The molecule has 0 aromatic carbocycles. The molecule has 0 aromatic rings. The Morgan fingerprint density at radius 1 is 1.33 bits per heavy atom. The van der Waals surface area contributed by atoms with E-state index in [-0.39, 0.29) is 13.2 Å². The highest BCUT2D eigenvalue weighted by atomic mass is 31.2. The van der Waals surface area contributed by atoms with Gasteiger partial charge in [-0.25, -0.2) is 8.88 Å². The average Bonchev–Trinajstić information content (AvgIpc) is 1.85. The van der Waals surface area contributed by atoms with Gasteiger partial charge in [-0.15, -0.1) is 0 Å². The zero-order valence-electron chi connectivity index (χ0n) is 6.85. The molecule has 6 nitrogen and oxygen atoms in total. The summed E-state index contributed by atoms with van der Waals surface area (Å²) >= 11 is 0. The molecule has 0 spiro atoms. The van der Waals surface area contributed by atoms with Gasteiger partial charge in [0.25, 0.3) is 0 Å².